The lowest BCUT2D eigenvalue weighted by Crippen LogP contribution is -2.39. The average molecular weight is 546 g/mol. The van der Waals surface area contributed by atoms with Crippen LogP contribution in [-0.4, -0.2) is 39.8 Å². The number of nitrogens with zero attached hydrogens (tertiary/aromatic N) is 5. The molecule has 0 bridgehead atoms. The molecule has 1 atom stereocenters. The van der Waals surface area contributed by atoms with Crippen molar-refractivity contribution in [2.24, 2.45) is 0 Å². The van der Waals surface area contributed by atoms with E-state index in [1.165, 1.54) is 33.4 Å². The monoisotopic (exact) mass is 545 g/mol. The van der Waals surface area contributed by atoms with Gasteiger partial charge in [-0.1, -0.05) is 59.6 Å². The highest BCUT2D eigenvalue weighted by Crippen LogP contribution is 2.33. The number of halogens is 2. The van der Waals surface area contributed by atoms with E-state index in [0.29, 0.717) is 46.5 Å². The van der Waals surface area contributed by atoms with Gasteiger partial charge in [0, 0.05) is 27.2 Å². The number of aryl methyl sites for hydroxylation is 1. The fraction of sp³-hybridized carbons (Fsp3) is 0.240. The molecule has 0 fully saturated rings. The predicted octanol–water partition coefficient (Wildman–Crippen LogP) is 5.20. The number of aliphatic hydroxyl groups excluding tert-OH is 1. The molecule has 0 aliphatic heterocycles. The van der Waals surface area contributed by atoms with Crippen molar-refractivity contribution in [1.82, 2.24) is 20.2 Å². The molecule has 4 rings (SSSR count). The van der Waals surface area contributed by atoms with E-state index >= 15 is 0 Å². The molecule has 1 aromatic heterocycles. The Kier molecular flexibility index (Phi) is 8.25. The van der Waals surface area contributed by atoms with Crippen molar-refractivity contribution in [3.63, 3.8) is 0 Å². The second-order valence-corrected chi connectivity index (χ2v) is 10.9. The summed E-state index contributed by atoms with van der Waals surface area (Å²) in [6.07, 6.45) is 1.08. The van der Waals surface area contributed by atoms with Gasteiger partial charge >= 0.3 is 0 Å². The first-order valence-corrected chi connectivity index (χ1v) is 13.5. The number of tetrazole rings is 1. The van der Waals surface area contributed by atoms with Crippen LogP contribution in [0.5, 0.6) is 0 Å². The summed E-state index contributed by atoms with van der Waals surface area (Å²) in [5, 5.41) is 23.4. The van der Waals surface area contributed by atoms with Crippen LogP contribution < -0.4 is 4.31 Å². The Hall–Kier alpha value is -2.98. The summed E-state index contributed by atoms with van der Waals surface area (Å²) in [6, 6.07) is 19.9. The molecular formula is C25H25Cl2N5O3S. The van der Waals surface area contributed by atoms with Crippen LogP contribution >= 0.6 is 23.2 Å². The van der Waals surface area contributed by atoms with E-state index in [1.807, 2.05) is 37.3 Å². The van der Waals surface area contributed by atoms with Gasteiger partial charge in [-0.3, -0.25) is 4.31 Å². The normalized spacial score (nSPS) is 12.4. The van der Waals surface area contributed by atoms with Crippen LogP contribution in [0.25, 0.3) is 11.4 Å². The van der Waals surface area contributed by atoms with Crippen molar-refractivity contribution in [3.8, 4) is 11.4 Å². The Morgan fingerprint density at radius 2 is 1.69 bits per heavy atom. The molecule has 11 heteroatoms. The summed E-state index contributed by atoms with van der Waals surface area (Å²) in [6.45, 7) is 1.94. The van der Waals surface area contributed by atoms with E-state index in [-0.39, 0.29) is 11.5 Å². The third-order valence-corrected chi connectivity index (χ3v) is 8.12. The number of hydrogen-bond donors (Lipinski definition) is 1. The number of rotatable bonds is 10. The molecule has 0 spiro atoms. The van der Waals surface area contributed by atoms with Crippen LogP contribution in [0.2, 0.25) is 10.0 Å². The van der Waals surface area contributed by atoms with Crippen molar-refractivity contribution in [2.45, 2.75) is 43.9 Å². The van der Waals surface area contributed by atoms with Gasteiger partial charge in [0.25, 0.3) is 10.0 Å². The molecule has 1 heterocycles. The molecule has 0 radical (unpaired) electrons. The van der Waals surface area contributed by atoms with Crippen LogP contribution in [0.3, 0.4) is 0 Å². The number of aromatic nitrogens is 4. The van der Waals surface area contributed by atoms with E-state index in [0.717, 1.165) is 5.56 Å². The first-order valence-electron chi connectivity index (χ1n) is 11.3. The van der Waals surface area contributed by atoms with Gasteiger partial charge in [-0.25, -0.2) is 8.42 Å². The van der Waals surface area contributed by atoms with E-state index < -0.39 is 16.1 Å². The predicted molar refractivity (Wildman–Crippen MR) is 140 cm³/mol. The second-order valence-electron chi connectivity index (χ2n) is 8.25. The van der Waals surface area contributed by atoms with Crippen molar-refractivity contribution in [1.29, 1.82) is 0 Å². The van der Waals surface area contributed by atoms with Gasteiger partial charge in [0.1, 0.15) is 0 Å². The maximum absolute atomic E-state index is 13.8. The summed E-state index contributed by atoms with van der Waals surface area (Å²) in [7, 11) is -3.99. The molecule has 0 saturated carbocycles. The molecule has 188 valence electrons. The number of anilines is 1. The minimum Gasteiger partial charge on any atom is -0.392 e. The molecule has 0 saturated heterocycles. The standard InChI is InChI=1S/C25H25Cl2N5O3S/c1-18(6-5-15-31-29-25(28-30-31)19-7-3-2-4-8-19)32(24-16-22(27)10-9-20(24)17-33)36(34,35)23-13-11-21(26)12-14-23/h2-4,7-14,16,18,33H,5-6,15,17H2,1H3/t18-/m1/s1. The smallest absolute Gasteiger partial charge is 0.264 e. The number of hydrogen-bond acceptors (Lipinski definition) is 6. The topological polar surface area (TPSA) is 101 Å². The van der Waals surface area contributed by atoms with Gasteiger partial charge in [0.05, 0.1) is 23.7 Å². The average Bonchev–Trinajstić information content (AvgIpc) is 3.34. The molecule has 1 N–H and O–H groups in total. The number of aliphatic hydroxyl groups is 1. The maximum Gasteiger partial charge on any atom is 0.264 e. The van der Waals surface area contributed by atoms with Crippen LogP contribution in [0.1, 0.15) is 25.3 Å². The molecule has 4 aromatic rings. The highest BCUT2D eigenvalue weighted by Gasteiger charge is 2.31. The SMILES string of the molecule is C[C@H](CCCn1nnc(-c2ccccc2)n1)N(c1cc(Cl)ccc1CO)S(=O)(=O)c1ccc(Cl)cc1. The van der Waals surface area contributed by atoms with Crippen LogP contribution in [-0.2, 0) is 23.2 Å². The summed E-state index contributed by atoms with van der Waals surface area (Å²) in [5.41, 5.74) is 1.65. The van der Waals surface area contributed by atoms with E-state index in [2.05, 4.69) is 15.4 Å². The fourth-order valence-corrected chi connectivity index (χ4v) is 5.89. The van der Waals surface area contributed by atoms with Crippen molar-refractivity contribution in [2.75, 3.05) is 4.31 Å². The van der Waals surface area contributed by atoms with Crippen molar-refractivity contribution >= 4 is 38.9 Å². The zero-order valence-electron chi connectivity index (χ0n) is 19.5. The molecule has 3 aromatic carbocycles. The molecule has 36 heavy (non-hydrogen) atoms. The molecule has 0 amide bonds. The summed E-state index contributed by atoms with van der Waals surface area (Å²) >= 11 is 12.2. The lowest BCUT2D eigenvalue weighted by atomic mass is 10.1. The van der Waals surface area contributed by atoms with E-state index in [4.69, 9.17) is 23.2 Å². The third-order valence-electron chi connectivity index (χ3n) is 5.69. The Labute approximate surface area is 220 Å². The fourth-order valence-electron chi connectivity index (χ4n) is 3.89. The Morgan fingerprint density at radius 3 is 2.39 bits per heavy atom. The van der Waals surface area contributed by atoms with Gasteiger partial charge in [0.15, 0.2) is 0 Å². The molecule has 8 nitrogen and oxygen atoms in total. The number of sulfonamides is 1. The zero-order valence-corrected chi connectivity index (χ0v) is 21.8. The highest BCUT2D eigenvalue weighted by molar-refractivity contribution is 7.92. The Bertz CT molecular complexity index is 1410. The highest BCUT2D eigenvalue weighted by atomic mass is 35.5. The van der Waals surface area contributed by atoms with Gasteiger partial charge in [-0.2, -0.15) is 4.80 Å². The Balaban J connectivity index is 1.57. The molecular weight excluding hydrogens is 521 g/mol. The van der Waals surface area contributed by atoms with Crippen LogP contribution in [0, 0.1) is 0 Å². The number of benzene rings is 3. The molecule has 0 aliphatic rings. The minimum atomic E-state index is -3.99. The minimum absolute atomic E-state index is 0.0908. The lowest BCUT2D eigenvalue weighted by Gasteiger charge is -2.32. The Morgan fingerprint density at radius 1 is 1.00 bits per heavy atom. The van der Waals surface area contributed by atoms with E-state index in [1.54, 1.807) is 18.2 Å². The van der Waals surface area contributed by atoms with Crippen molar-refractivity contribution < 1.29 is 13.5 Å². The quantitative estimate of drug-likeness (QED) is 0.293. The van der Waals surface area contributed by atoms with Gasteiger partial charge in [-0.05, 0) is 61.4 Å². The molecule has 0 aliphatic carbocycles. The zero-order chi connectivity index (χ0) is 25.7. The summed E-state index contributed by atoms with van der Waals surface area (Å²) in [5.74, 6) is 0.530. The van der Waals surface area contributed by atoms with Crippen molar-refractivity contribution in [3.05, 3.63) is 88.4 Å². The molecule has 0 unspecified atom stereocenters. The van der Waals surface area contributed by atoms with Gasteiger partial charge in [-0.15, -0.1) is 10.2 Å². The summed E-state index contributed by atoms with van der Waals surface area (Å²) in [4.78, 5) is 1.60. The van der Waals surface area contributed by atoms with E-state index in [9.17, 15) is 13.5 Å². The third kappa shape index (κ3) is 5.87. The first-order chi connectivity index (χ1) is 17.3. The summed E-state index contributed by atoms with van der Waals surface area (Å²) < 4.78 is 28.9. The largest absolute Gasteiger partial charge is 0.392 e. The first kappa shape index (κ1) is 26.1. The lowest BCUT2D eigenvalue weighted by molar-refractivity contribution is 0.282. The van der Waals surface area contributed by atoms with Crippen LogP contribution in [0.15, 0.2) is 77.7 Å². The van der Waals surface area contributed by atoms with Gasteiger partial charge in [0.2, 0.25) is 5.82 Å². The second kappa shape index (κ2) is 11.4. The maximum atomic E-state index is 13.8. The van der Waals surface area contributed by atoms with Crippen LogP contribution in [0.4, 0.5) is 5.69 Å². The van der Waals surface area contributed by atoms with Gasteiger partial charge < -0.3 is 5.11 Å².